The number of hydrogen-bond donors (Lipinski definition) is 0. The summed E-state index contributed by atoms with van der Waals surface area (Å²) in [5.41, 5.74) is 1.96. The Balaban J connectivity index is 1.46. The number of fused-ring (bicyclic) bond motifs is 2. The van der Waals surface area contributed by atoms with E-state index in [1.807, 2.05) is 0 Å². The van der Waals surface area contributed by atoms with Gasteiger partial charge in [-0.05, 0) is 49.7 Å². The number of carbonyl (C=O) groups excluding carboxylic acids is 2. The first-order valence-electron chi connectivity index (χ1n) is 12.8. The Morgan fingerprint density at radius 3 is 2.71 bits per heavy atom. The van der Waals surface area contributed by atoms with Gasteiger partial charge in [-0.1, -0.05) is 35.6 Å². The zero-order valence-electron chi connectivity index (χ0n) is 22.3. The lowest BCUT2D eigenvalue weighted by Crippen LogP contribution is -2.39. The number of aromatic nitrogens is 1. The molecule has 11 heteroatoms. The maximum Gasteiger partial charge on any atom is 0.338 e. The van der Waals surface area contributed by atoms with Crippen LogP contribution in [0.5, 0.6) is 11.5 Å². The van der Waals surface area contributed by atoms with Crippen molar-refractivity contribution in [3.8, 4) is 22.8 Å². The maximum absolute atomic E-state index is 13.9. The average molecular weight is 573 g/mol. The summed E-state index contributed by atoms with van der Waals surface area (Å²) in [6, 6.07) is 14.9. The normalized spacial score (nSPS) is 15.9. The Hall–Kier alpha value is -4.90. The van der Waals surface area contributed by atoms with E-state index in [0.717, 1.165) is 0 Å². The number of ether oxygens (including phenoxy) is 4. The van der Waals surface area contributed by atoms with E-state index < -0.39 is 18.0 Å². The quantitative estimate of drug-likeness (QED) is 0.322. The summed E-state index contributed by atoms with van der Waals surface area (Å²) in [6.07, 6.45) is 1.62. The molecule has 0 unspecified atom stereocenters. The van der Waals surface area contributed by atoms with Crippen molar-refractivity contribution in [2.24, 2.45) is 4.99 Å². The number of benzene rings is 2. The molecule has 2 aliphatic rings. The summed E-state index contributed by atoms with van der Waals surface area (Å²) < 4.78 is 29.1. The highest BCUT2D eigenvalue weighted by Gasteiger charge is 2.34. The molecule has 0 saturated carbocycles. The molecular formula is C30H24N2O8S. The lowest BCUT2D eigenvalue weighted by Gasteiger charge is -2.24. The van der Waals surface area contributed by atoms with Crippen LogP contribution in [0, 0.1) is 0 Å². The maximum atomic E-state index is 13.9. The standard InChI is InChI=1S/C30H24N2O8S/c1-4-37-29(35)25-16(2)31-30-32(26(25)17-9-11-22-23(13-17)39-15-38-22)27(33)24(41-30)14-18-10-12-21(40-18)19-7-5-6-8-20(19)28(34)36-3/h5-14,26H,4,15H2,1-3H3/b24-14+/t26-/m1/s1. The Labute approximate surface area is 237 Å². The van der Waals surface area contributed by atoms with E-state index in [4.69, 9.17) is 23.4 Å². The van der Waals surface area contributed by atoms with Crippen molar-refractivity contribution in [3.05, 3.63) is 102 Å². The largest absolute Gasteiger partial charge is 0.465 e. The second-order valence-electron chi connectivity index (χ2n) is 9.15. The average Bonchev–Trinajstić information content (AvgIpc) is 3.71. The van der Waals surface area contributed by atoms with Gasteiger partial charge in [-0.25, -0.2) is 14.6 Å². The molecule has 0 radical (unpaired) electrons. The topological polar surface area (TPSA) is 119 Å². The van der Waals surface area contributed by atoms with E-state index in [2.05, 4.69) is 4.99 Å². The molecule has 0 spiro atoms. The number of rotatable bonds is 6. The van der Waals surface area contributed by atoms with E-state index in [1.165, 1.54) is 23.0 Å². The van der Waals surface area contributed by atoms with E-state index in [1.54, 1.807) is 74.5 Å². The molecule has 0 N–H and O–H groups in total. The number of methoxy groups -OCH3 is 1. The highest BCUT2D eigenvalue weighted by molar-refractivity contribution is 7.07. The van der Waals surface area contributed by atoms with Gasteiger partial charge >= 0.3 is 11.9 Å². The third-order valence-electron chi connectivity index (χ3n) is 6.73. The fourth-order valence-corrected chi connectivity index (χ4v) is 5.91. The van der Waals surface area contributed by atoms with Crippen LogP contribution in [0.3, 0.4) is 0 Å². The Morgan fingerprint density at radius 2 is 1.90 bits per heavy atom. The summed E-state index contributed by atoms with van der Waals surface area (Å²) in [5.74, 6) is 0.933. The zero-order chi connectivity index (χ0) is 28.7. The highest BCUT2D eigenvalue weighted by Crippen LogP contribution is 2.38. The van der Waals surface area contributed by atoms with Gasteiger partial charge in [0, 0.05) is 11.6 Å². The summed E-state index contributed by atoms with van der Waals surface area (Å²) in [7, 11) is 1.32. The van der Waals surface area contributed by atoms with Gasteiger partial charge in [0.1, 0.15) is 11.5 Å². The van der Waals surface area contributed by atoms with Crippen molar-refractivity contribution >= 4 is 29.4 Å². The number of carbonyl (C=O) groups is 2. The second kappa shape index (κ2) is 10.6. The number of allylic oxidation sites excluding steroid dienone is 1. The molecule has 2 aliphatic heterocycles. The Bertz CT molecular complexity index is 1910. The summed E-state index contributed by atoms with van der Waals surface area (Å²) in [6.45, 7) is 3.71. The number of furan rings is 1. The molecule has 0 amide bonds. The van der Waals surface area contributed by atoms with Crippen molar-refractivity contribution < 1.29 is 33.0 Å². The number of thiazole rings is 1. The van der Waals surface area contributed by atoms with Crippen LogP contribution in [0.2, 0.25) is 0 Å². The summed E-state index contributed by atoms with van der Waals surface area (Å²) >= 11 is 1.18. The van der Waals surface area contributed by atoms with Gasteiger partial charge in [-0.3, -0.25) is 9.36 Å². The minimum Gasteiger partial charge on any atom is -0.465 e. The van der Waals surface area contributed by atoms with E-state index in [-0.39, 0.29) is 24.5 Å². The molecule has 0 aliphatic carbocycles. The molecule has 41 heavy (non-hydrogen) atoms. The van der Waals surface area contributed by atoms with Crippen molar-refractivity contribution in [1.82, 2.24) is 4.57 Å². The predicted molar refractivity (Wildman–Crippen MR) is 148 cm³/mol. The van der Waals surface area contributed by atoms with Crippen LogP contribution in [-0.4, -0.2) is 37.0 Å². The van der Waals surface area contributed by atoms with E-state index in [9.17, 15) is 14.4 Å². The van der Waals surface area contributed by atoms with Gasteiger partial charge in [0.2, 0.25) is 6.79 Å². The number of nitrogens with zero attached hydrogens (tertiary/aromatic N) is 2. The number of esters is 2. The smallest absolute Gasteiger partial charge is 0.338 e. The lowest BCUT2D eigenvalue weighted by molar-refractivity contribution is -0.139. The fourth-order valence-electron chi connectivity index (χ4n) is 4.88. The minimum absolute atomic E-state index is 0.0936. The third-order valence-corrected chi connectivity index (χ3v) is 7.71. The zero-order valence-corrected chi connectivity index (χ0v) is 23.2. The first kappa shape index (κ1) is 26.3. The SMILES string of the molecule is CCOC(=O)C1=C(C)N=c2s/c(=C/c3ccc(-c4ccccc4C(=O)OC)o3)c(=O)n2[C@@H]1c1ccc2c(c1)OCO2. The second-order valence-corrected chi connectivity index (χ2v) is 10.2. The van der Waals surface area contributed by atoms with E-state index in [0.29, 0.717) is 54.7 Å². The predicted octanol–water partition coefficient (Wildman–Crippen LogP) is 3.57. The molecule has 10 nitrogen and oxygen atoms in total. The molecule has 2 aromatic carbocycles. The molecule has 4 heterocycles. The molecule has 208 valence electrons. The molecule has 0 bridgehead atoms. The van der Waals surface area contributed by atoms with Crippen LogP contribution in [0.15, 0.2) is 80.1 Å². The van der Waals surface area contributed by atoms with Crippen molar-refractivity contribution in [1.29, 1.82) is 0 Å². The Kier molecular flexibility index (Phi) is 6.80. The van der Waals surface area contributed by atoms with Crippen LogP contribution >= 0.6 is 11.3 Å². The van der Waals surface area contributed by atoms with Crippen LogP contribution in [0.4, 0.5) is 0 Å². The molecule has 1 atom stereocenters. The lowest BCUT2D eigenvalue weighted by atomic mass is 9.95. The van der Waals surface area contributed by atoms with Gasteiger partial charge < -0.3 is 23.4 Å². The van der Waals surface area contributed by atoms with Crippen LogP contribution in [0.25, 0.3) is 17.4 Å². The van der Waals surface area contributed by atoms with Crippen LogP contribution in [-0.2, 0) is 14.3 Å². The molecule has 0 fully saturated rings. The van der Waals surface area contributed by atoms with Gasteiger partial charge in [-0.15, -0.1) is 0 Å². The van der Waals surface area contributed by atoms with Gasteiger partial charge in [0.05, 0.1) is 41.1 Å². The summed E-state index contributed by atoms with van der Waals surface area (Å²) in [4.78, 5) is 44.3. The highest BCUT2D eigenvalue weighted by atomic mass is 32.1. The summed E-state index contributed by atoms with van der Waals surface area (Å²) in [5, 5.41) is 0. The molecule has 4 aromatic rings. The van der Waals surface area contributed by atoms with Gasteiger partial charge in [-0.2, -0.15) is 0 Å². The van der Waals surface area contributed by atoms with E-state index >= 15 is 0 Å². The van der Waals surface area contributed by atoms with Crippen molar-refractivity contribution in [3.63, 3.8) is 0 Å². The monoisotopic (exact) mass is 572 g/mol. The van der Waals surface area contributed by atoms with Crippen molar-refractivity contribution in [2.75, 3.05) is 20.5 Å². The molecule has 2 aromatic heterocycles. The molecule has 0 saturated heterocycles. The van der Waals surface area contributed by atoms with Crippen molar-refractivity contribution in [2.45, 2.75) is 19.9 Å². The fraction of sp³-hybridized carbons (Fsp3) is 0.200. The van der Waals surface area contributed by atoms with Gasteiger partial charge in [0.15, 0.2) is 16.3 Å². The first-order valence-corrected chi connectivity index (χ1v) is 13.6. The molecule has 6 rings (SSSR count). The Morgan fingerprint density at radius 1 is 1.10 bits per heavy atom. The number of hydrogen-bond acceptors (Lipinski definition) is 10. The third kappa shape index (κ3) is 4.63. The minimum atomic E-state index is -0.791. The van der Waals surface area contributed by atoms with Gasteiger partial charge in [0.25, 0.3) is 5.56 Å². The van der Waals surface area contributed by atoms with Crippen LogP contribution < -0.4 is 24.4 Å². The first-order chi connectivity index (χ1) is 19.9. The molecular weight excluding hydrogens is 548 g/mol. The van der Waals surface area contributed by atoms with Crippen LogP contribution in [0.1, 0.15) is 41.6 Å².